The number of anilines is 1. The van der Waals surface area contributed by atoms with E-state index in [0.717, 1.165) is 27.6 Å². The predicted molar refractivity (Wildman–Crippen MR) is 149 cm³/mol. The highest BCUT2D eigenvalue weighted by atomic mass is 35.5. The molecule has 4 nitrogen and oxygen atoms in total. The maximum atomic E-state index is 13.8. The van der Waals surface area contributed by atoms with Gasteiger partial charge in [0.25, 0.3) is 5.91 Å². The van der Waals surface area contributed by atoms with Crippen LogP contribution >= 0.6 is 17.8 Å². The van der Waals surface area contributed by atoms with Crippen molar-refractivity contribution in [1.82, 2.24) is 0 Å². The van der Waals surface area contributed by atoms with Gasteiger partial charge in [-0.2, -0.15) is 0 Å². The number of carbonyl (C=O) groups excluding carboxylic acids is 1. The zero-order valence-corrected chi connectivity index (χ0v) is 21.4. The van der Waals surface area contributed by atoms with Gasteiger partial charge in [0.1, 0.15) is 17.6 Å². The van der Waals surface area contributed by atoms with E-state index in [1.165, 1.54) is 0 Å². The summed E-state index contributed by atoms with van der Waals surface area (Å²) in [6, 6.07) is 32.8. The van der Waals surface area contributed by atoms with Gasteiger partial charge >= 0.3 is 0 Å². The first-order valence-corrected chi connectivity index (χ1v) is 14.2. The minimum atomic E-state index is -2.69. The first-order chi connectivity index (χ1) is 17.0. The van der Waals surface area contributed by atoms with E-state index < -0.39 is 6.19 Å². The first-order valence-electron chi connectivity index (χ1n) is 11.1. The van der Waals surface area contributed by atoms with Crippen LogP contribution in [0.25, 0.3) is 0 Å². The molecule has 174 valence electrons. The van der Waals surface area contributed by atoms with Crippen LogP contribution in [0.5, 0.6) is 5.75 Å². The second-order valence-electron chi connectivity index (χ2n) is 8.10. The Morgan fingerprint density at radius 3 is 2.06 bits per heavy atom. The summed E-state index contributed by atoms with van der Waals surface area (Å²) >= 11 is 12.7. The van der Waals surface area contributed by atoms with Crippen LogP contribution in [0.15, 0.2) is 108 Å². The molecule has 1 amide bonds. The lowest BCUT2D eigenvalue weighted by atomic mass is 10.1. The largest absolute Gasteiger partial charge is 0.497 e. The molecule has 0 atom stereocenters. The third-order valence-corrected chi connectivity index (χ3v) is 10.1. The van der Waals surface area contributed by atoms with E-state index in [1.807, 2.05) is 91.0 Å². The van der Waals surface area contributed by atoms with Gasteiger partial charge in [-0.25, -0.2) is 4.76 Å². The Hall–Kier alpha value is -3.24. The molecule has 1 aliphatic heterocycles. The van der Waals surface area contributed by atoms with Crippen molar-refractivity contribution in [2.45, 2.75) is 6.54 Å². The number of amides is 1. The SMILES string of the molecule is COc1ccc(CN2C(=O)C(=NP(=S)(c3ccccc3)c3ccccc3)c3cc(Cl)ccc32)cc1. The number of carbonyl (C=O) groups is 1. The molecule has 0 aromatic heterocycles. The molecule has 0 fully saturated rings. The fourth-order valence-electron chi connectivity index (χ4n) is 4.12. The molecule has 35 heavy (non-hydrogen) atoms. The number of hydrogen-bond donors (Lipinski definition) is 0. The van der Waals surface area contributed by atoms with Crippen molar-refractivity contribution >= 4 is 57.5 Å². The number of hydrogen-bond acceptors (Lipinski definition) is 3. The van der Waals surface area contributed by atoms with Gasteiger partial charge in [0.15, 0.2) is 0 Å². The van der Waals surface area contributed by atoms with E-state index in [4.69, 9.17) is 32.9 Å². The number of nitrogens with zero attached hydrogens (tertiary/aromatic N) is 2. The Kier molecular flexibility index (Phi) is 6.57. The Balaban J connectivity index is 1.64. The quantitative estimate of drug-likeness (QED) is 0.307. The molecule has 7 heteroatoms. The van der Waals surface area contributed by atoms with E-state index in [2.05, 4.69) is 0 Å². The highest BCUT2D eigenvalue weighted by Crippen LogP contribution is 2.47. The van der Waals surface area contributed by atoms with E-state index in [9.17, 15) is 4.79 Å². The van der Waals surface area contributed by atoms with E-state index in [-0.39, 0.29) is 5.91 Å². The van der Waals surface area contributed by atoms with Crippen LogP contribution in [0.2, 0.25) is 5.02 Å². The molecule has 1 heterocycles. The summed E-state index contributed by atoms with van der Waals surface area (Å²) in [5.74, 6) is 0.585. The Labute approximate surface area is 214 Å². The summed E-state index contributed by atoms with van der Waals surface area (Å²) < 4.78 is 10.4. The third-order valence-electron chi connectivity index (χ3n) is 5.91. The smallest absolute Gasteiger partial charge is 0.277 e. The average molecular weight is 517 g/mol. The minimum absolute atomic E-state index is 0.181. The fraction of sp³-hybridized carbons (Fsp3) is 0.0714. The van der Waals surface area contributed by atoms with Gasteiger partial charge in [0, 0.05) is 21.2 Å². The van der Waals surface area contributed by atoms with Gasteiger partial charge in [-0.3, -0.25) is 4.79 Å². The van der Waals surface area contributed by atoms with Crippen LogP contribution in [0.3, 0.4) is 0 Å². The molecule has 0 N–H and O–H groups in total. The Morgan fingerprint density at radius 2 is 1.49 bits per heavy atom. The van der Waals surface area contributed by atoms with E-state index in [0.29, 0.717) is 22.8 Å². The number of halogens is 1. The number of rotatable bonds is 6. The number of ether oxygens (including phenoxy) is 1. The zero-order chi connectivity index (χ0) is 24.4. The van der Waals surface area contributed by atoms with Crippen molar-refractivity contribution in [3.05, 3.63) is 119 Å². The highest BCUT2D eigenvalue weighted by Gasteiger charge is 2.36. The third kappa shape index (κ3) is 4.55. The van der Waals surface area contributed by atoms with Crippen LogP contribution in [0.1, 0.15) is 11.1 Å². The summed E-state index contributed by atoms with van der Waals surface area (Å²) in [6.07, 6.45) is -2.69. The lowest BCUT2D eigenvalue weighted by Gasteiger charge is -2.20. The van der Waals surface area contributed by atoms with Crippen LogP contribution in [-0.4, -0.2) is 18.7 Å². The minimum Gasteiger partial charge on any atom is -0.497 e. The summed E-state index contributed by atoms with van der Waals surface area (Å²) in [4.78, 5) is 15.6. The Morgan fingerprint density at radius 1 is 0.886 bits per heavy atom. The maximum Gasteiger partial charge on any atom is 0.277 e. The molecule has 4 aromatic rings. The maximum absolute atomic E-state index is 13.8. The summed E-state index contributed by atoms with van der Waals surface area (Å²) in [6.45, 7) is 0.399. The highest BCUT2D eigenvalue weighted by molar-refractivity contribution is 8.21. The molecule has 0 saturated carbocycles. The van der Waals surface area contributed by atoms with Crippen molar-refractivity contribution in [2.24, 2.45) is 4.76 Å². The van der Waals surface area contributed by atoms with Gasteiger partial charge in [0.05, 0.1) is 19.3 Å². The molecular formula is C28H22ClN2O2PS. The standard InChI is InChI=1S/C28H22ClN2O2PS/c1-33-22-15-12-20(13-16-22)19-31-26-17-14-21(29)18-25(26)27(28(31)32)30-34(35,23-8-4-2-5-9-23)24-10-6-3-7-11-24/h2-18H,19H2,1H3. The lowest BCUT2D eigenvalue weighted by Crippen LogP contribution is -2.30. The Bertz CT molecular complexity index is 1410. The van der Waals surface area contributed by atoms with Gasteiger partial charge in [-0.15, -0.1) is 0 Å². The zero-order valence-electron chi connectivity index (χ0n) is 19.0. The monoisotopic (exact) mass is 516 g/mol. The van der Waals surface area contributed by atoms with Crippen molar-refractivity contribution in [2.75, 3.05) is 12.0 Å². The van der Waals surface area contributed by atoms with Crippen molar-refractivity contribution in [3.8, 4) is 5.75 Å². The molecule has 1 aliphatic rings. The normalized spacial score (nSPS) is 14.3. The van der Waals surface area contributed by atoms with E-state index in [1.54, 1.807) is 24.1 Å². The topological polar surface area (TPSA) is 41.9 Å². The molecule has 0 saturated heterocycles. The molecule has 4 aromatic carbocycles. The van der Waals surface area contributed by atoms with Gasteiger partial charge < -0.3 is 9.64 Å². The molecule has 0 aliphatic carbocycles. The van der Waals surface area contributed by atoms with E-state index >= 15 is 0 Å². The molecular weight excluding hydrogens is 495 g/mol. The van der Waals surface area contributed by atoms with Crippen LogP contribution in [0, 0.1) is 0 Å². The van der Waals surface area contributed by atoms with Crippen molar-refractivity contribution in [1.29, 1.82) is 0 Å². The molecule has 0 spiro atoms. The molecule has 0 bridgehead atoms. The van der Waals surface area contributed by atoms with Gasteiger partial charge in [0.2, 0.25) is 0 Å². The number of fused-ring (bicyclic) bond motifs is 1. The summed E-state index contributed by atoms with van der Waals surface area (Å²) in [5, 5.41) is 2.40. The first kappa shape index (κ1) is 23.5. The van der Waals surface area contributed by atoms with Crippen LogP contribution in [-0.2, 0) is 23.1 Å². The van der Waals surface area contributed by atoms with Crippen LogP contribution < -0.4 is 20.2 Å². The summed E-state index contributed by atoms with van der Waals surface area (Å²) in [5.41, 5.74) is 2.81. The molecule has 0 radical (unpaired) electrons. The average Bonchev–Trinajstić information content (AvgIpc) is 3.15. The predicted octanol–water partition coefficient (Wildman–Crippen LogP) is 5.73. The lowest BCUT2D eigenvalue weighted by molar-refractivity contribution is -0.112. The number of benzene rings is 4. The molecule has 5 rings (SSSR count). The van der Waals surface area contributed by atoms with Gasteiger partial charge in [-0.05, 0) is 35.9 Å². The molecule has 0 unspecified atom stereocenters. The summed E-state index contributed by atoms with van der Waals surface area (Å²) in [7, 11) is 1.63. The second kappa shape index (κ2) is 9.79. The van der Waals surface area contributed by atoms with Crippen LogP contribution in [0.4, 0.5) is 5.69 Å². The van der Waals surface area contributed by atoms with Crippen molar-refractivity contribution < 1.29 is 9.53 Å². The fourth-order valence-corrected chi connectivity index (χ4v) is 7.42. The van der Waals surface area contributed by atoms with Crippen molar-refractivity contribution in [3.63, 3.8) is 0 Å². The second-order valence-corrected chi connectivity index (χ2v) is 12.5. The number of methoxy groups -OCH3 is 1. The van der Waals surface area contributed by atoms with Gasteiger partial charge in [-0.1, -0.05) is 96.2 Å².